The van der Waals surface area contributed by atoms with E-state index in [1.165, 1.54) is 12.1 Å². The molecule has 4 rings (SSSR count). The van der Waals surface area contributed by atoms with Gasteiger partial charge in [-0.15, -0.1) is 0 Å². The minimum Gasteiger partial charge on any atom is -0.339 e. The molecule has 0 fully saturated rings. The summed E-state index contributed by atoms with van der Waals surface area (Å²) in [7, 11) is 0. The van der Waals surface area contributed by atoms with Gasteiger partial charge in [-0.05, 0) is 49.2 Å². The van der Waals surface area contributed by atoms with Crippen LogP contribution in [-0.2, 0) is 13.0 Å². The van der Waals surface area contributed by atoms with Gasteiger partial charge in [-0.25, -0.2) is 9.37 Å². The molecule has 0 atom stereocenters. The molecule has 0 amide bonds. The number of hydrogen-bond acceptors (Lipinski definition) is 5. The summed E-state index contributed by atoms with van der Waals surface area (Å²) < 4.78 is 20.4. The van der Waals surface area contributed by atoms with Gasteiger partial charge in [0.1, 0.15) is 11.5 Å². The second-order valence-electron chi connectivity index (χ2n) is 6.68. The average molecular weight is 378 g/mol. The topological polar surface area (TPSA) is 73.8 Å². The molecule has 0 saturated heterocycles. The van der Waals surface area contributed by atoms with E-state index >= 15 is 0 Å². The average Bonchev–Trinajstić information content (AvgIpc) is 3.13. The van der Waals surface area contributed by atoms with Crippen molar-refractivity contribution in [1.82, 2.24) is 19.7 Å². The molecule has 7 heteroatoms. The Morgan fingerprint density at radius 3 is 2.79 bits per heavy atom. The number of nitrogens with zero attached hydrogens (tertiary/aromatic N) is 4. The Bertz CT molecular complexity index is 1210. The van der Waals surface area contributed by atoms with Crippen LogP contribution in [-0.4, -0.2) is 19.7 Å². The lowest BCUT2D eigenvalue weighted by atomic mass is 10.1. The van der Waals surface area contributed by atoms with Crippen LogP contribution >= 0.6 is 0 Å². The van der Waals surface area contributed by atoms with E-state index in [1.54, 1.807) is 17.6 Å². The Morgan fingerprint density at radius 2 is 2.00 bits per heavy atom. The van der Waals surface area contributed by atoms with Gasteiger partial charge in [-0.2, -0.15) is 4.98 Å². The maximum absolute atomic E-state index is 13.3. The zero-order chi connectivity index (χ0) is 19.7. The molecule has 28 heavy (non-hydrogen) atoms. The minimum absolute atomic E-state index is 0.0703. The van der Waals surface area contributed by atoms with E-state index in [4.69, 9.17) is 4.52 Å². The van der Waals surface area contributed by atoms with E-state index in [0.717, 1.165) is 23.1 Å². The number of halogens is 1. The summed E-state index contributed by atoms with van der Waals surface area (Å²) >= 11 is 0. The van der Waals surface area contributed by atoms with Crippen LogP contribution in [0.4, 0.5) is 4.39 Å². The number of benzene rings is 2. The lowest BCUT2D eigenvalue weighted by molar-refractivity contribution is 0.385. The third-order valence-electron chi connectivity index (χ3n) is 4.53. The van der Waals surface area contributed by atoms with Gasteiger partial charge in [0.25, 0.3) is 5.56 Å². The highest BCUT2D eigenvalue weighted by Crippen LogP contribution is 2.22. The first-order valence-corrected chi connectivity index (χ1v) is 9.13. The number of rotatable bonds is 5. The monoisotopic (exact) mass is 378 g/mol. The van der Waals surface area contributed by atoms with Crippen LogP contribution in [0.1, 0.15) is 30.5 Å². The van der Waals surface area contributed by atoms with Crippen molar-refractivity contribution >= 4 is 11.0 Å². The van der Waals surface area contributed by atoms with Gasteiger partial charge in [-0.1, -0.05) is 24.2 Å². The molecule has 2 heterocycles. The third-order valence-corrected chi connectivity index (χ3v) is 4.53. The van der Waals surface area contributed by atoms with Gasteiger partial charge in [0.2, 0.25) is 11.7 Å². The summed E-state index contributed by atoms with van der Waals surface area (Å²) in [6.45, 7) is 4.38. The van der Waals surface area contributed by atoms with Crippen molar-refractivity contribution in [2.45, 2.75) is 33.2 Å². The van der Waals surface area contributed by atoms with Crippen LogP contribution < -0.4 is 5.56 Å². The molecule has 2 aromatic heterocycles. The summed E-state index contributed by atoms with van der Waals surface area (Å²) in [5.41, 5.74) is 3.38. The predicted octanol–water partition coefficient (Wildman–Crippen LogP) is 3.89. The van der Waals surface area contributed by atoms with Crippen molar-refractivity contribution in [2.75, 3.05) is 0 Å². The van der Waals surface area contributed by atoms with Crippen LogP contribution in [0.2, 0.25) is 0 Å². The second kappa shape index (κ2) is 7.34. The second-order valence-corrected chi connectivity index (χ2v) is 6.68. The van der Waals surface area contributed by atoms with Crippen molar-refractivity contribution in [3.05, 3.63) is 75.8 Å². The molecule has 142 valence electrons. The molecular weight excluding hydrogens is 359 g/mol. The lowest BCUT2D eigenvalue weighted by Crippen LogP contribution is -2.24. The van der Waals surface area contributed by atoms with Gasteiger partial charge in [0, 0.05) is 12.1 Å². The van der Waals surface area contributed by atoms with Crippen LogP contribution in [0.15, 0.2) is 51.8 Å². The molecule has 4 aromatic rings. The highest BCUT2D eigenvalue weighted by atomic mass is 19.1. The Hall–Kier alpha value is -3.35. The molecule has 0 saturated carbocycles. The van der Waals surface area contributed by atoms with E-state index in [-0.39, 0.29) is 11.4 Å². The maximum atomic E-state index is 13.3. The molecule has 0 N–H and O–H groups in total. The highest BCUT2D eigenvalue weighted by Gasteiger charge is 2.13. The maximum Gasteiger partial charge on any atom is 0.272 e. The first kappa shape index (κ1) is 18.0. The first-order chi connectivity index (χ1) is 13.5. The van der Waals surface area contributed by atoms with Gasteiger partial charge in [0.15, 0.2) is 0 Å². The van der Waals surface area contributed by atoms with Crippen LogP contribution in [0, 0.1) is 12.7 Å². The highest BCUT2D eigenvalue weighted by molar-refractivity contribution is 5.80. The Kier molecular flexibility index (Phi) is 4.73. The van der Waals surface area contributed by atoms with Crippen LogP contribution in [0.5, 0.6) is 0 Å². The van der Waals surface area contributed by atoms with Crippen molar-refractivity contribution < 1.29 is 8.91 Å². The molecular formula is C21H19FN4O2. The van der Waals surface area contributed by atoms with Crippen molar-refractivity contribution in [3.63, 3.8) is 0 Å². The molecule has 0 spiro atoms. The fourth-order valence-corrected chi connectivity index (χ4v) is 3.22. The van der Waals surface area contributed by atoms with E-state index in [2.05, 4.69) is 15.1 Å². The van der Waals surface area contributed by atoms with Gasteiger partial charge in [0.05, 0.1) is 17.5 Å². The number of aromatic nitrogens is 4. The fourth-order valence-electron chi connectivity index (χ4n) is 3.22. The third kappa shape index (κ3) is 3.43. The smallest absolute Gasteiger partial charge is 0.272 e. The first-order valence-electron chi connectivity index (χ1n) is 9.13. The molecule has 0 aliphatic rings. The lowest BCUT2D eigenvalue weighted by Gasteiger charge is -2.10. The normalized spacial score (nSPS) is 11.2. The van der Waals surface area contributed by atoms with E-state index in [0.29, 0.717) is 35.9 Å². The van der Waals surface area contributed by atoms with E-state index < -0.39 is 0 Å². The van der Waals surface area contributed by atoms with Crippen LogP contribution in [0.3, 0.4) is 0 Å². The Morgan fingerprint density at radius 1 is 1.14 bits per heavy atom. The summed E-state index contributed by atoms with van der Waals surface area (Å²) in [5.74, 6) is 0.535. The number of fused-ring (bicyclic) bond motifs is 1. The fraction of sp³-hybridized carbons (Fsp3) is 0.238. The van der Waals surface area contributed by atoms with E-state index in [9.17, 15) is 9.18 Å². The summed E-state index contributed by atoms with van der Waals surface area (Å²) in [5, 5.41) is 4.03. The predicted molar refractivity (Wildman–Crippen MR) is 104 cm³/mol. The van der Waals surface area contributed by atoms with Gasteiger partial charge >= 0.3 is 0 Å². The minimum atomic E-state index is -0.300. The molecule has 0 bridgehead atoms. The van der Waals surface area contributed by atoms with E-state index in [1.807, 2.05) is 31.2 Å². The molecule has 0 aliphatic heterocycles. The van der Waals surface area contributed by atoms with Gasteiger partial charge in [-0.3, -0.25) is 4.79 Å². The summed E-state index contributed by atoms with van der Waals surface area (Å²) in [4.78, 5) is 21.2. The SMILES string of the molecule is CCCn1c(=O)c(C)nc2cc(-c3noc(Cc4cccc(F)c4)n3)ccc21. The summed E-state index contributed by atoms with van der Waals surface area (Å²) in [6, 6.07) is 11.9. The quantitative estimate of drug-likeness (QED) is 0.527. The number of hydrogen-bond donors (Lipinski definition) is 0. The van der Waals surface area contributed by atoms with Crippen molar-refractivity contribution in [1.29, 1.82) is 0 Å². The zero-order valence-corrected chi connectivity index (χ0v) is 15.6. The van der Waals surface area contributed by atoms with Crippen molar-refractivity contribution in [2.24, 2.45) is 0 Å². The molecule has 2 aromatic carbocycles. The molecule has 0 unspecified atom stereocenters. The molecule has 0 radical (unpaired) electrons. The summed E-state index contributed by atoms with van der Waals surface area (Å²) in [6.07, 6.45) is 1.21. The number of aryl methyl sites for hydroxylation is 2. The zero-order valence-electron chi connectivity index (χ0n) is 15.6. The standard InChI is InChI=1S/C21H19FN4O2/c1-3-9-26-18-8-7-15(12-17(18)23-13(2)21(26)27)20-24-19(28-25-20)11-14-5-4-6-16(22)10-14/h4-8,10,12H,3,9,11H2,1-2H3. The van der Waals surface area contributed by atoms with Crippen LogP contribution in [0.25, 0.3) is 22.4 Å². The van der Waals surface area contributed by atoms with Gasteiger partial charge < -0.3 is 9.09 Å². The van der Waals surface area contributed by atoms with Crippen molar-refractivity contribution in [3.8, 4) is 11.4 Å². The molecule has 6 nitrogen and oxygen atoms in total. The largest absolute Gasteiger partial charge is 0.339 e. The molecule has 0 aliphatic carbocycles. The Balaban J connectivity index is 1.69. The Labute approximate surface area is 160 Å².